The predicted octanol–water partition coefficient (Wildman–Crippen LogP) is 3.85. The molecular weight excluding hydrogens is 314 g/mol. The summed E-state index contributed by atoms with van der Waals surface area (Å²) in [7, 11) is 0. The fourth-order valence-corrected chi connectivity index (χ4v) is 3.88. The van der Waals surface area contributed by atoms with E-state index in [4.69, 9.17) is 4.74 Å². The van der Waals surface area contributed by atoms with E-state index >= 15 is 0 Å². The van der Waals surface area contributed by atoms with E-state index in [1.54, 1.807) is 6.20 Å². The van der Waals surface area contributed by atoms with Crippen LogP contribution in [0.25, 0.3) is 0 Å². The maximum atomic E-state index is 9.34. The van der Waals surface area contributed by atoms with Crippen LogP contribution in [0.1, 0.15) is 70.3 Å². The van der Waals surface area contributed by atoms with E-state index in [0.29, 0.717) is 35.5 Å². The normalized spacial score (nSPS) is 24.5. The number of nitrogens with one attached hydrogen (secondary N) is 2. The summed E-state index contributed by atoms with van der Waals surface area (Å²) in [6.07, 6.45) is 12.4. The number of ether oxygens (including phenoxy) is 1. The van der Waals surface area contributed by atoms with Crippen molar-refractivity contribution in [1.82, 2.24) is 9.97 Å². The van der Waals surface area contributed by atoms with Gasteiger partial charge in [0.1, 0.15) is 17.5 Å². The predicted molar refractivity (Wildman–Crippen MR) is 98.5 cm³/mol. The second-order valence-corrected chi connectivity index (χ2v) is 7.12. The highest BCUT2D eigenvalue weighted by atomic mass is 16.5. The van der Waals surface area contributed by atoms with Crippen LogP contribution in [0, 0.1) is 11.3 Å². The Hall–Kier alpha value is -1.87. The van der Waals surface area contributed by atoms with Gasteiger partial charge in [-0.3, -0.25) is 0 Å². The minimum atomic E-state index is 0.382. The molecule has 1 aromatic heterocycles. The van der Waals surface area contributed by atoms with Crippen LogP contribution in [-0.4, -0.2) is 34.8 Å². The number of nitrogens with zero attached hydrogens (tertiary/aromatic N) is 3. The third-order valence-electron chi connectivity index (χ3n) is 5.27. The first kappa shape index (κ1) is 17.9. The molecule has 2 fully saturated rings. The number of nitriles is 1. The van der Waals surface area contributed by atoms with Gasteiger partial charge in [0, 0.05) is 18.7 Å². The Kier molecular flexibility index (Phi) is 6.46. The van der Waals surface area contributed by atoms with Gasteiger partial charge in [-0.1, -0.05) is 19.3 Å². The summed E-state index contributed by atoms with van der Waals surface area (Å²) in [6, 6.07) is 3.01. The van der Waals surface area contributed by atoms with Crippen molar-refractivity contribution in [2.45, 2.75) is 82.9 Å². The van der Waals surface area contributed by atoms with Crippen LogP contribution in [0.2, 0.25) is 0 Å². The van der Waals surface area contributed by atoms with Gasteiger partial charge in [0.05, 0.1) is 12.3 Å². The third kappa shape index (κ3) is 5.05. The van der Waals surface area contributed by atoms with Crippen LogP contribution in [-0.2, 0) is 4.74 Å². The molecule has 0 unspecified atom stereocenters. The Morgan fingerprint density at radius 2 is 1.80 bits per heavy atom. The molecule has 0 aliphatic heterocycles. The summed E-state index contributed by atoms with van der Waals surface area (Å²) < 4.78 is 5.71. The van der Waals surface area contributed by atoms with Crippen molar-refractivity contribution in [1.29, 1.82) is 5.26 Å². The van der Waals surface area contributed by atoms with Gasteiger partial charge in [0.25, 0.3) is 0 Å². The van der Waals surface area contributed by atoms with E-state index in [-0.39, 0.29) is 0 Å². The molecular formula is C19H29N5O. The molecule has 0 spiro atoms. The van der Waals surface area contributed by atoms with Crippen molar-refractivity contribution in [2.24, 2.45) is 0 Å². The molecule has 6 nitrogen and oxygen atoms in total. The standard InChI is InChI=1S/C19H29N5O/c1-2-25-17-10-8-16(9-11-17)23-19-21-13-14(12-20)18(24-19)22-15-6-4-3-5-7-15/h13,15-17H,2-11H2,1H3,(H2,21,22,23,24). The maximum absolute atomic E-state index is 9.34. The molecule has 2 aliphatic carbocycles. The molecule has 0 bridgehead atoms. The van der Waals surface area contributed by atoms with Gasteiger partial charge >= 0.3 is 0 Å². The lowest BCUT2D eigenvalue weighted by molar-refractivity contribution is 0.0346. The molecule has 25 heavy (non-hydrogen) atoms. The van der Waals surface area contributed by atoms with Gasteiger partial charge in [-0.15, -0.1) is 0 Å². The summed E-state index contributed by atoms with van der Waals surface area (Å²) in [4.78, 5) is 8.94. The lowest BCUT2D eigenvalue weighted by Gasteiger charge is -2.29. The first-order chi connectivity index (χ1) is 12.3. The van der Waals surface area contributed by atoms with Gasteiger partial charge in [0.2, 0.25) is 5.95 Å². The Bertz CT molecular complexity index is 586. The molecule has 0 aromatic carbocycles. The molecule has 0 atom stereocenters. The second kappa shape index (κ2) is 9.00. The Morgan fingerprint density at radius 3 is 2.48 bits per heavy atom. The number of aromatic nitrogens is 2. The minimum Gasteiger partial charge on any atom is -0.379 e. The smallest absolute Gasteiger partial charge is 0.224 e. The molecule has 1 heterocycles. The zero-order valence-corrected chi connectivity index (χ0v) is 15.1. The molecule has 136 valence electrons. The Labute approximate surface area is 150 Å². The van der Waals surface area contributed by atoms with Crippen LogP contribution in [0.15, 0.2) is 6.20 Å². The summed E-state index contributed by atoms with van der Waals surface area (Å²) in [5.74, 6) is 1.30. The zero-order valence-electron chi connectivity index (χ0n) is 15.1. The Morgan fingerprint density at radius 1 is 1.08 bits per heavy atom. The van der Waals surface area contributed by atoms with Gasteiger partial charge in [-0.25, -0.2) is 4.98 Å². The van der Waals surface area contributed by atoms with E-state index in [1.165, 1.54) is 19.3 Å². The van der Waals surface area contributed by atoms with Crippen molar-refractivity contribution in [3.8, 4) is 6.07 Å². The third-order valence-corrected chi connectivity index (χ3v) is 5.27. The van der Waals surface area contributed by atoms with E-state index in [2.05, 4.69) is 33.6 Å². The highest BCUT2D eigenvalue weighted by Crippen LogP contribution is 2.25. The fourth-order valence-electron chi connectivity index (χ4n) is 3.88. The minimum absolute atomic E-state index is 0.382. The highest BCUT2D eigenvalue weighted by Gasteiger charge is 2.22. The fraction of sp³-hybridized carbons (Fsp3) is 0.737. The van der Waals surface area contributed by atoms with Gasteiger partial charge < -0.3 is 15.4 Å². The summed E-state index contributed by atoms with van der Waals surface area (Å²) in [5.41, 5.74) is 0.524. The van der Waals surface area contributed by atoms with Crippen LogP contribution < -0.4 is 10.6 Å². The lowest BCUT2D eigenvalue weighted by atomic mass is 9.93. The monoisotopic (exact) mass is 343 g/mol. The van der Waals surface area contributed by atoms with Crippen LogP contribution in [0.3, 0.4) is 0 Å². The van der Waals surface area contributed by atoms with E-state index in [0.717, 1.165) is 45.1 Å². The molecule has 2 N–H and O–H groups in total. The summed E-state index contributed by atoms with van der Waals surface area (Å²) in [5, 5.41) is 16.2. The molecule has 1 aromatic rings. The zero-order chi connectivity index (χ0) is 17.5. The maximum Gasteiger partial charge on any atom is 0.224 e. The lowest BCUT2D eigenvalue weighted by Crippen LogP contribution is -2.30. The van der Waals surface area contributed by atoms with Crippen molar-refractivity contribution in [3.05, 3.63) is 11.8 Å². The van der Waals surface area contributed by atoms with Gasteiger partial charge in [0.15, 0.2) is 0 Å². The highest BCUT2D eigenvalue weighted by molar-refractivity contribution is 5.54. The van der Waals surface area contributed by atoms with Crippen molar-refractivity contribution in [3.63, 3.8) is 0 Å². The van der Waals surface area contributed by atoms with Gasteiger partial charge in [-0.05, 0) is 45.4 Å². The van der Waals surface area contributed by atoms with Crippen molar-refractivity contribution >= 4 is 11.8 Å². The largest absolute Gasteiger partial charge is 0.379 e. The second-order valence-electron chi connectivity index (χ2n) is 7.12. The molecule has 0 saturated heterocycles. The summed E-state index contributed by atoms with van der Waals surface area (Å²) >= 11 is 0. The quantitative estimate of drug-likeness (QED) is 0.816. The molecule has 0 radical (unpaired) electrons. The SMILES string of the molecule is CCOC1CCC(Nc2ncc(C#N)c(NC3CCCCC3)n2)CC1. The van der Waals surface area contributed by atoms with Crippen LogP contribution in [0.4, 0.5) is 11.8 Å². The van der Waals surface area contributed by atoms with Gasteiger partial charge in [-0.2, -0.15) is 10.2 Å². The van der Waals surface area contributed by atoms with Crippen LogP contribution in [0.5, 0.6) is 0 Å². The van der Waals surface area contributed by atoms with E-state index < -0.39 is 0 Å². The number of anilines is 2. The van der Waals surface area contributed by atoms with Crippen LogP contribution >= 0.6 is 0 Å². The van der Waals surface area contributed by atoms with Crippen molar-refractivity contribution in [2.75, 3.05) is 17.2 Å². The van der Waals surface area contributed by atoms with E-state index in [1.807, 2.05) is 0 Å². The first-order valence-corrected chi connectivity index (χ1v) is 9.70. The summed E-state index contributed by atoms with van der Waals surface area (Å²) in [6.45, 7) is 2.84. The Balaban J connectivity index is 1.60. The molecule has 3 rings (SSSR count). The molecule has 6 heteroatoms. The number of hydrogen-bond acceptors (Lipinski definition) is 6. The topological polar surface area (TPSA) is 82.9 Å². The number of hydrogen-bond donors (Lipinski definition) is 2. The first-order valence-electron chi connectivity index (χ1n) is 9.70. The number of rotatable bonds is 6. The molecule has 2 saturated carbocycles. The van der Waals surface area contributed by atoms with Crippen molar-refractivity contribution < 1.29 is 4.74 Å². The molecule has 2 aliphatic rings. The average molecular weight is 343 g/mol. The van der Waals surface area contributed by atoms with E-state index in [9.17, 15) is 5.26 Å². The average Bonchev–Trinajstić information content (AvgIpc) is 2.65. The molecule has 0 amide bonds.